The first-order valence-electron chi connectivity index (χ1n) is 6.50. The average Bonchev–Trinajstić information content (AvgIpc) is 2.43. The molecule has 0 saturated heterocycles. The normalized spacial score (nSPS) is 12.6. The third kappa shape index (κ3) is 3.06. The monoisotopic (exact) mass is 256 g/mol. The van der Waals surface area contributed by atoms with Crippen molar-refractivity contribution in [3.63, 3.8) is 0 Å². The molecule has 1 atom stereocenters. The summed E-state index contributed by atoms with van der Waals surface area (Å²) in [5.74, 6) is -0.0498. The van der Waals surface area contributed by atoms with Crippen molar-refractivity contribution < 1.29 is 5.11 Å². The summed E-state index contributed by atoms with van der Waals surface area (Å²) in [4.78, 5) is 0. The molecular weight excluding hydrogens is 236 g/mol. The Kier molecular flexibility index (Phi) is 4.07. The predicted octanol–water partition coefficient (Wildman–Crippen LogP) is 2.75. The molecule has 0 aliphatic rings. The van der Waals surface area contributed by atoms with E-state index in [1.807, 2.05) is 55.5 Å². The highest BCUT2D eigenvalue weighted by atomic mass is 16.3. The highest BCUT2D eigenvalue weighted by Crippen LogP contribution is 2.30. The van der Waals surface area contributed by atoms with E-state index in [-0.39, 0.29) is 5.92 Å². The Morgan fingerprint density at radius 1 is 0.842 bits per heavy atom. The lowest BCUT2D eigenvalue weighted by Gasteiger charge is -2.23. The quantitative estimate of drug-likeness (QED) is 0.736. The fraction of sp³-hybridized carbons (Fsp3) is 0.250. The maximum atomic E-state index is 10.3. The van der Waals surface area contributed by atoms with Crippen LogP contribution in [0.3, 0.4) is 0 Å². The van der Waals surface area contributed by atoms with Gasteiger partial charge in [-0.05, 0) is 41.8 Å². The number of anilines is 2. The van der Waals surface area contributed by atoms with E-state index >= 15 is 0 Å². The first-order valence-corrected chi connectivity index (χ1v) is 6.50. The van der Waals surface area contributed by atoms with E-state index in [1.165, 1.54) is 0 Å². The topological polar surface area (TPSA) is 72.3 Å². The van der Waals surface area contributed by atoms with Crippen LogP contribution in [-0.2, 0) is 0 Å². The molecule has 2 aromatic carbocycles. The fourth-order valence-corrected chi connectivity index (χ4v) is 2.28. The van der Waals surface area contributed by atoms with Gasteiger partial charge < -0.3 is 16.6 Å². The van der Waals surface area contributed by atoms with Crippen molar-refractivity contribution in [1.82, 2.24) is 0 Å². The number of rotatable bonds is 4. The summed E-state index contributed by atoms with van der Waals surface area (Å²) in [6.07, 6.45) is 0.270. The number of hydrogen-bond acceptors (Lipinski definition) is 3. The van der Waals surface area contributed by atoms with Crippen molar-refractivity contribution >= 4 is 11.4 Å². The van der Waals surface area contributed by atoms with E-state index in [0.717, 1.165) is 22.5 Å². The van der Waals surface area contributed by atoms with Crippen molar-refractivity contribution in [3.8, 4) is 0 Å². The van der Waals surface area contributed by atoms with Crippen molar-refractivity contribution in [2.75, 3.05) is 11.5 Å². The Morgan fingerprint density at radius 3 is 1.53 bits per heavy atom. The lowest BCUT2D eigenvalue weighted by Crippen LogP contribution is -2.18. The molecule has 0 aromatic heterocycles. The second-order valence-electron chi connectivity index (χ2n) is 4.79. The van der Waals surface area contributed by atoms with E-state index < -0.39 is 6.10 Å². The second kappa shape index (κ2) is 5.76. The minimum Gasteiger partial charge on any atom is -0.399 e. The zero-order valence-electron chi connectivity index (χ0n) is 11.1. The number of nitrogen functional groups attached to an aromatic ring is 2. The van der Waals surface area contributed by atoms with Crippen LogP contribution in [0, 0.1) is 0 Å². The number of nitrogens with two attached hydrogens (primary N) is 2. The fourth-order valence-electron chi connectivity index (χ4n) is 2.28. The van der Waals surface area contributed by atoms with Crippen LogP contribution in [-0.4, -0.2) is 11.2 Å². The first-order chi connectivity index (χ1) is 9.11. The van der Waals surface area contributed by atoms with Crippen molar-refractivity contribution in [2.45, 2.75) is 25.4 Å². The van der Waals surface area contributed by atoms with Crippen LogP contribution in [0.5, 0.6) is 0 Å². The molecule has 0 radical (unpaired) electrons. The van der Waals surface area contributed by atoms with E-state index in [2.05, 4.69) is 0 Å². The van der Waals surface area contributed by atoms with Gasteiger partial charge in [0.15, 0.2) is 0 Å². The van der Waals surface area contributed by atoms with Gasteiger partial charge in [-0.25, -0.2) is 0 Å². The number of hydrogen-bond donors (Lipinski definition) is 3. The summed E-state index contributed by atoms with van der Waals surface area (Å²) < 4.78 is 0. The molecule has 0 fully saturated rings. The van der Waals surface area contributed by atoms with E-state index in [9.17, 15) is 5.11 Å². The van der Waals surface area contributed by atoms with E-state index in [4.69, 9.17) is 11.5 Å². The highest BCUT2D eigenvalue weighted by Gasteiger charge is 2.21. The molecule has 100 valence electrons. The maximum absolute atomic E-state index is 10.3. The van der Waals surface area contributed by atoms with Gasteiger partial charge in [-0.1, -0.05) is 31.2 Å². The van der Waals surface area contributed by atoms with Crippen molar-refractivity contribution in [1.29, 1.82) is 0 Å². The Balaban J connectivity index is 2.41. The Bertz CT molecular complexity index is 474. The molecule has 3 nitrogen and oxygen atoms in total. The van der Waals surface area contributed by atoms with Crippen LogP contribution >= 0.6 is 0 Å². The van der Waals surface area contributed by atoms with Crippen LogP contribution in [0.15, 0.2) is 48.5 Å². The van der Waals surface area contributed by atoms with Gasteiger partial charge in [0.05, 0.1) is 6.10 Å². The third-order valence-corrected chi connectivity index (χ3v) is 3.39. The molecular formula is C16H20N2O. The van der Waals surface area contributed by atoms with Gasteiger partial charge in [0.1, 0.15) is 0 Å². The molecule has 0 saturated carbocycles. The molecule has 5 N–H and O–H groups in total. The van der Waals surface area contributed by atoms with Crippen LogP contribution < -0.4 is 11.5 Å². The van der Waals surface area contributed by atoms with Crippen molar-refractivity contribution in [3.05, 3.63) is 59.7 Å². The van der Waals surface area contributed by atoms with Crippen LogP contribution in [0.25, 0.3) is 0 Å². The number of benzene rings is 2. The summed E-state index contributed by atoms with van der Waals surface area (Å²) in [6.45, 7) is 1.98. The van der Waals surface area contributed by atoms with Gasteiger partial charge in [-0.2, -0.15) is 0 Å². The number of aliphatic hydroxyl groups excluding tert-OH is 1. The molecule has 0 spiro atoms. The van der Waals surface area contributed by atoms with E-state index in [1.54, 1.807) is 0 Å². The highest BCUT2D eigenvalue weighted by molar-refractivity contribution is 5.46. The van der Waals surface area contributed by atoms with Crippen LogP contribution in [0.2, 0.25) is 0 Å². The molecule has 3 heteroatoms. The SMILES string of the molecule is CCC(O)C(c1ccc(N)cc1)c1ccc(N)cc1. The molecule has 19 heavy (non-hydrogen) atoms. The molecule has 2 rings (SSSR count). The molecule has 0 aliphatic carbocycles. The summed E-state index contributed by atoms with van der Waals surface area (Å²) in [5.41, 5.74) is 15.0. The first kappa shape index (κ1) is 13.4. The molecule has 0 heterocycles. The summed E-state index contributed by atoms with van der Waals surface area (Å²) in [5, 5.41) is 10.3. The molecule has 1 unspecified atom stereocenters. The Labute approximate surface area is 113 Å². The van der Waals surface area contributed by atoms with Gasteiger partial charge in [0, 0.05) is 17.3 Å². The standard InChI is InChI=1S/C16H20N2O/c1-2-15(19)16(11-3-7-13(17)8-4-11)12-5-9-14(18)10-6-12/h3-10,15-16,19H,2,17-18H2,1H3. The summed E-state index contributed by atoms with van der Waals surface area (Å²) >= 11 is 0. The smallest absolute Gasteiger partial charge is 0.0646 e. The minimum atomic E-state index is -0.424. The molecule has 0 aliphatic heterocycles. The van der Waals surface area contributed by atoms with Gasteiger partial charge >= 0.3 is 0 Å². The number of aliphatic hydroxyl groups is 1. The summed E-state index contributed by atoms with van der Waals surface area (Å²) in [7, 11) is 0. The molecule has 2 aromatic rings. The lowest BCUT2D eigenvalue weighted by molar-refractivity contribution is 0.152. The van der Waals surface area contributed by atoms with Gasteiger partial charge in [-0.3, -0.25) is 0 Å². The minimum absolute atomic E-state index is 0.0498. The van der Waals surface area contributed by atoms with Crippen molar-refractivity contribution in [2.24, 2.45) is 0 Å². The molecule has 0 amide bonds. The van der Waals surface area contributed by atoms with Gasteiger partial charge in [0.2, 0.25) is 0 Å². The van der Waals surface area contributed by atoms with Crippen LogP contribution in [0.1, 0.15) is 30.4 Å². The lowest BCUT2D eigenvalue weighted by atomic mass is 9.85. The zero-order chi connectivity index (χ0) is 13.8. The Morgan fingerprint density at radius 2 is 1.21 bits per heavy atom. The maximum Gasteiger partial charge on any atom is 0.0646 e. The van der Waals surface area contributed by atoms with E-state index in [0.29, 0.717) is 6.42 Å². The zero-order valence-corrected chi connectivity index (χ0v) is 11.1. The second-order valence-corrected chi connectivity index (χ2v) is 4.79. The Hall–Kier alpha value is -2.00. The molecule has 0 bridgehead atoms. The predicted molar refractivity (Wildman–Crippen MR) is 79.8 cm³/mol. The summed E-state index contributed by atoms with van der Waals surface area (Å²) in [6, 6.07) is 15.3. The largest absolute Gasteiger partial charge is 0.399 e. The third-order valence-electron chi connectivity index (χ3n) is 3.39. The van der Waals surface area contributed by atoms with Gasteiger partial charge in [-0.15, -0.1) is 0 Å². The van der Waals surface area contributed by atoms with Gasteiger partial charge in [0.25, 0.3) is 0 Å². The van der Waals surface area contributed by atoms with Crippen LogP contribution in [0.4, 0.5) is 11.4 Å². The average molecular weight is 256 g/mol.